The van der Waals surface area contributed by atoms with E-state index in [1.54, 1.807) is 26.1 Å². The molecule has 0 saturated carbocycles. The standard InChI is InChI=1S/C12H12FNO2/c1-7(14-2)12(15)8-3-4-11-9(5-8)10(13)6-16-11/h3-7,14H,1-2H3/t7-/m0/s1. The van der Waals surface area contributed by atoms with Crippen molar-refractivity contribution in [1.82, 2.24) is 5.32 Å². The molecule has 0 fully saturated rings. The Morgan fingerprint density at radius 3 is 2.94 bits per heavy atom. The number of carbonyl (C=O) groups excluding carboxylic acids is 1. The Kier molecular flexibility index (Phi) is 2.75. The van der Waals surface area contributed by atoms with Crippen molar-refractivity contribution in [1.29, 1.82) is 0 Å². The first-order valence-electron chi connectivity index (χ1n) is 5.01. The highest BCUT2D eigenvalue weighted by atomic mass is 19.1. The van der Waals surface area contributed by atoms with Crippen molar-refractivity contribution in [2.75, 3.05) is 7.05 Å². The molecule has 1 atom stereocenters. The third-order valence-corrected chi connectivity index (χ3v) is 2.64. The first-order valence-corrected chi connectivity index (χ1v) is 5.01. The molecule has 4 heteroatoms. The van der Waals surface area contributed by atoms with Gasteiger partial charge in [-0.3, -0.25) is 4.79 Å². The number of benzene rings is 1. The summed E-state index contributed by atoms with van der Waals surface area (Å²) in [4.78, 5) is 11.8. The average Bonchev–Trinajstić information content (AvgIpc) is 2.68. The lowest BCUT2D eigenvalue weighted by Crippen LogP contribution is -2.30. The number of halogens is 1. The number of ketones is 1. The first kappa shape index (κ1) is 10.8. The molecule has 0 aliphatic heterocycles. The Labute approximate surface area is 92.2 Å². The van der Waals surface area contributed by atoms with E-state index in [0.29, 0.717) is 16.5 Å². The van der Waals surface area contributed by atoms with E-state index in [0.717, 1.165) is 6.26 Å². The van der Waals surface area contributed by atoms with Crippen LogP contribution in [0.1, 0.15) is 17.3 Å². The molecule has 3 nitrogen and oxygen atoms in total. The van der Waals surface area contributed by atoms with Gasteiger partial charge in [-0.15, -0.1) is 0 Å². The van der Waals surface area contributed by atoms with Crippen LogP contribution >= 0.6 is 0 Å². The zero-order valence-electron chi connectivity index (χ0n) is 9.08. The second kappa shape index (κ2) is 4.06. The van der Waals surface area contributed by atoms with Crippen molar-refractivity contribution in [3.05, 3.63) is 35.8 Å². The number of hydrogen-bond acceptors (Lipinski definition) is 3. The maximum absolute atomic E-state index is 13.3. The SMILES string of the molecule is CN[C@@H](C)C(=O)c1ccc2occ(F)c2c1. The quantitative estimate of drug-likeness (QED) is 0.809. The molecule has 0 aliphatic carbocycles. The van der Waals surface area contributed by atoms with E-state index in [1.807, 2.05) is 0 Å². The highest BCUT2D eigenvalue weighted by molar-refractivity contribution is 6.02. The number of furan rings is 1. The summed E-state index contributed by atoms with van der Waals surface area (Å²) in [6, 6.07) is 4.48. The fourth-order valence-corrected chi connectivity index (χ4v) is 1.53. The molecule has 0 bridgehead atoms. The summed E-state index contributed by atoms with van der Waals surface area (Å²) in [5.74, 6) is -0.508. The molecule has 84 valence electrons. The lowest BCUT2D eigenvalue weighted by Gasteiger charge is -2.08. The Hall–Kier alpha value is -1.68. The van der Waals surface area contributed by atoms with Crippen molar-refractivity contribution in [3.8, 4) is 0 Å². The monoisotopic (exact) mass is 221 g/mol. The van der Waals surface area contributed by atoms with Crippen molar-refractivity contribution < 1.29 is 13.6 Å². The van der Waals surface area contributed by atoms with E-state index < -0.39 is 5.82 Å². The van der Waals surface area contributed by atoms with E-state index in [1.165, 1.54) is 6.07 Å². The summed E-state index contributed by atoms with van der Waals surface area (Å²) >= 11 is 0. The van der Waals surface area contributed by atoms with Crippen LogP contribution in [0.15, 0.2) is 28.9 Å². The molecule has 1 heterocycles. The first-order chi connectivity index (χ1) is 7.63. The molecule has 2 aromatic rings. The summed E-state index contributed by atoms with van der Waals surface area (Å²) in [5.41, 5.74) is 0.931. The maximum Gasteiger partial charge on any atom is 0.179 e. The number of rotatable bonds is 3. The Morgan fingerprint density at radius 1 is 1.50 bits per heavy atom. The zero-order valence-corrected chi connectivity index (χ0v) is 9.08. The van der Waals surface area contributed by atoms with Crippen LogP contribution in [0.2, 0.25) is 0 Å². The number of Topliss-reactive ketones (excluding diaryl/α,β-unsaturated/α-hetero) is 1. The lowest BCUT2D eigenvalue weighted by atomic mass is 10.0. The molecular formula is C12H12FNO2. The van der Waals surface area contributed by atoms with E-state index in [9.17, 15) is 9.18 Å². The second-order valence-corrected chi connectivity index (χ2v) is 3.67. The van der Waals surface area contributed by atoms with Gasteiger partial charge in [0.2, 0.25) is 0 Å². The number of nitrogens with one attached hydrogen (secondary N) is 1. The van der Waals surface area contributed by atoms with Gasteiger partial charge >= 0.3 is 0 Å². The number of likely N-dealkylation sites (N-methyl/N-ethyl adjacent to an activating group) is 1. The van der Waals surface area contributed by atoms with Gasteiger partial charge in [0.25, 0.3) is 0 Å². The van der Waals surface area contributed by atoms with Gasteiger partial charge in [-0.05, 0) is 32.2 Å². The molecule has 1 aromatic heterocycles. The van der Waals surface area contributed by atoms with E-state index in [-0.39, 0.29) is 11.8 Å². The Morgan fingerprint density at radius 2 is 2.25 bits per heavy atom. The minimum absolute atomic E-state index is 0.0648. The van der Waals surface area contributed by atoms with Gasteiger partial charge in [0, 0.05) is 5.56 Å². The molecule has 0 radical (unpaired) electrons. The van der Waals surface area contributed by atoms with Gasteiger partial charge in [0.15, 0.2) is 11.6 Å². The topological polar surface area (TPSA) is 42.2 Å². The van der Waals surface area contributed by atoms with Crippen LogP contribution in [0.4, 0.5) is 4.39 Å². The van der Waals surface area contributed by atoms with Gasteiger partial charge in [-0.1, -0.05) is 0 Å². The minimum atomic E-state index is -0.443. The largest absolute Gasteiger partial charge is 0.461 e. The van der Waals surface area contributed by atoms with Crippen molar-refractivity contribution in [2.45, 2.75) is 13.0 Å². The van der Waals surface area contributed by atoms with Gasteiger partial charge in [0.1, 0.15) is 11.8 Å². The van der Waals surface area contributed by atoms with E-state index >= 15 is 0 Å². The van der Waals surface area contributed by atoms with Crippen molar-refractivity contribution in [2.24, 2.45) is 0 Å². The molecule has 0 spiro atoms. The predicted molar refractivity (Wildman–Crippen MR) is 59.0 cm³/mol. The molecule has 16 heavy (non-hydrogen) atoms. The lowest BCUT2D eigenvalue weighted by molar-refractivity contribution is 0.0955. The van der Waals surface area contributed by atoms with Gasteiger partial charge in [0.05, 0.1) is 11.4 Å². The van der Waals surface area contributed by atoms with Crippen LogP contribution in [0.25, 0.3) is 11.0 Å². The average molecular weight is 221 g/mol. The molecule has 0 aliphatic rings. The normalized spacial score (nSPS) is 12.9. The fraction of sp³-hybridized carbons (Fsp3) is 0.250. The summed E-state index contributed by atoms with van der Waals surface area (Å²) in [6.45, 7) is 1.76. The number of carbonyl (C=O) groups is 1. The Balaban J connectivity index is 2.46. The molecular weight excluding hydrogens is 209 g/mol. The van der Waals surface area contributed by atoms with E-state index in [2.05, 4.69) is 5.32 Å². The minimum Gasteiger partial charge on any atom is -0.461 e. The smallest absolute Gasteiger partial charge is 0.179 e. The third-order valence-electron chi connectivity index (χ3n) is 2.64. The zero-order chi connectivity index (χ0) is 11.7. The summed E-state index contributed by atoms with van der Waals surface area (Å²) < 4.78 is 18.2. The number of fused-ring (bicyclic) bond motifs is 1. The van der Waals surface area contributed by atoms with Crippen LogP contribution in [0.3, 0.4) is 0 Å². The van der Waals surface area contributed by atoms with Gasteiger partial charge in [-0.25, -0.2) is 4.39 Å². The van der Waals surface area contributed by atoms with E-state index in [4.69, 9.17) is 4.42 Å². The molecule has 0 amide bonds. The molecule has 2 rings (SSSR count). The molecule has 1 N–H and O–H groups in total. The third kappa shape index (κ3) is 1.72. The molecule has 1 aromatic carbocycles. The van der Waals surface area contributed by atoms with Crippen LogP contribution in [0, 0.1) is 5.82 Å². The summed E-state index contributed by atoms with van der Waals surface area (Å²) in [7, 11) is 1.71. The highest BCUT2D eigenvalue weighted by Crippen LogP contribution is 2.21. The van der Waals surface area contributed by atoms with Gasteiger partial charge < -0.3 is 9.73 Å². The maximum atomic E-state index is 13.3. The fourth-order valence-electron chi connectivity index (χ4n) is 1.53. The second-order valence-electron chi connectivity index (χ2n) is 3.67. The van der Waals surface area contributed by atoms with Crippen LogP contribution in [0.5, 0.6) is 0 Å². The highest BCUT2D eigenvalue weighted by Gasteiger charge is 2.15. The molecule has 0 saturated heterocycles. The Bertz CT molecular complexity index is 533. The predicted octanol–water partition coefficient (Wildman–Crippen LogP) is 2.36. The summed E-state index contributed by atoms with van der Waals surface area (Å²) in [5, 5.41) is 3.19. The number of hydrogen-bond donors (Lipinski definition) is 1. The van der Waals surface area contributed by atoms with Crippen molar-refractivity contribution >= 4 is 16.8 Å². The summed E-state index contributed by atoms with van der Waals surface area (Å²) in [6.07, 6.45) is 1.04. The molecule has 0 unspecified atom stereocenters. The van der Waals surface area contributed by atoms with Crippen LogP contribution in [-0.2, 0) is 0 Å². The van der Waals surface area contributed by atoms with Gasteiger partial charge in [-0.2, -0.15) is 0 Å². The van der Waals surface area contributed by atoms with Crippen molar-refractivity contribution in [3.63, 3.8) is 0 Å². The van der Waals surface area contributed by atoms with Crippen LogP contribution in [-0.4, -0.2) is 18.9 Å². The van der Waals surface area contributed by atoms with Crippen LogP contribution < -0.4 is 5.32 Å².